The minimum Gasteiger partial charge on any atom is -0.350 e. The van der Waals surface area contributed by atoms with E-state index in [0.29, 0.717) is 20.8 Å². The van der Waals surface area contributed by atoms with Crippen LogP contribution in [0.15, 0.2) is 6.07 Å². The largest absolute Gasteiger partial charge is 0.350 e. The number of hydrogen-bond acceptors (Lipinski definition) is 2. The zero-order chi connectivity index (χ0) is 11.4. The molecule has 84 valence electrons. The molecule has 0 radical (unpaired) electrons. The second-order valence-corrected chi connectivity index (χ2v) is 5.86. The lowest BCUT2D eigenvalue weighted by atomic mass is 10.3. The van der Waals surface area contributed by atoms with Crippen LogP contribution >= 0.6 is 46.1 Å². The first-order valence-electron chi connectivity index (χ1n) is 4.41. The van der Waals surface area contributed by atoms with Crippen LogP contribution in [-0.2, 0) is 0 Å². The van der Waals surface area contributed by atoms with Gasteiger partial charge in [0.15, 0.2) is 0 Å². The Morgan fingerprint density at radius 3 is 2.73 bits per heavy atom. The van der Waals surface area contributed by atoms with Crippen LogP contribution in [0.3, 0.4) is 0 Å². The first-order chi connectivity index (χ1) is 7.04. The van der Waals surface area contributed by atoms with Crippen LogP contribution in [0.25, 0.3) is 0 Å². The van der Waals surface area contributed by atoms with Gasteiger partial charge >= 0.3 is 0 Å². The van der Waals surface area contributed by atoms with E-state index in [2.05, 4.69) is 5.32 Å². The predicted octanol–water partition coefficient (Wildman–Crippen LogP) is 3.80. The van der Waals surface area contributed by atoms with Crippen molar-refractivity contribution in [3.63, 3.8) is 0 Å². The molecule has 0 aliphatic heterocycles. The highest BCUT2D eigenvalue weighted by Crippen LogP contribution is 2.30. The van der Waals surface area contributed by atoms with Gasteiger partial charge in [0, 0.05) is 6.54 Å². The average Bonchev–Trinajstić information content (AvgIpc) is 2.53. The van der Waals surface area contributed by atoms with Crippen LogP contribution in [0.5, 0.6) is 0 Å². The third-order valence-electron chi connectivity index (χ3n) is 1.83. The topological polar surface area (TPSA) is 29.1 Å². The minimum atomic E-state index is -0.234. The normalized spacial score (nSPS) is 12.5. The third kappa shape index (κ3) is 3.83. The number of nitrogens with one attached hydrogen (secondary N) is 1. The third-order valence-corrected chi connectivity index (χ3v) is 3.78. The van der Waals surface area contributed by atoms with Gasteiger partial charge in [-0.25, -0.2) is 0 Å². The van der Waals surface area contributed by atoms with E-state index in [4.69, 9.17) is 34.8 Å². The maximum Gasteiger partial charge on any atom is 0.253 e. The van der Waals surface area contributed by atoms with E-state index in [-0.39, 0.29) is 11.3 Å². The van der Waals surface area contributed by atoms with Crippen molar-refractivity contribution in [2.24, 2.45) is 0 Å². The number of hydrogen-bond donors (Lipinski definition) is 1. The standard InChI is InChI=1S/C9H10Cl3NOS/c1-2-5(10)4-13-9(14)6-3-7(11)15-8(6)12/h3,5H,2,4H2,1H3,(H,13,14). The molecule has 0 aromatic carbocycles. The fraction of sp³-hybridized carbons (Fsp3) is 0.444. The summed E-state index contributed by atoms with van der Waals surface area (Å²) in [6.07, 6.45) is 0.806. The zero-order valence-corrected chi connectivity index (χ0v) is 11.1. The summed E-state index contributed by atoms with van der Waals surface area (Å²) in [5.74, 6) is -0.234. The number of halogens is 3. The molecule has 0 saturated carbocycles. The molecule has 0 spiro atoms. The molecule has 1 amide bonds. The highest BCUT2D eigenvalue weighted by Gasteiger charge is 2.14. The van der Waals surface area contributed by atoms with Crippen molar-refractivity contribution < 1.29 is 4.79 Å². The van der Waals surface area contributed by atoms with Crippen molar-refractivity contribution in [2.45, 2.75) is 18.7 Å². The zero-order valence-electron chi connectivity index (χ0n) is 8.02. The van der Waals surface area contributed by atoms with Gasteiger partial charge in [0.1, 0.15) is 4.34 Å². The van der Waals surface area contributed by atoms with Crippen LogP contribution in [0.1, 0.15) is 23.7 Å². The SMILES string of the molecule is CCC(Cl)CNC(=O)c1cc(Cl)sc1Cl. The van der Waals surface area contributed by atoms with Gasteiger partial charge in [-0.1, -0.05) is 30.1 Å². The Kier molecular flexibility index (Phi) is 5.19. The molecule has 1 rings (SSSR count). The second kappa shape index (κ2) is 5.94. The summed E-state index contributed by atoms with van der Waals surface area (Å²) in [5.41, 5.74) is 0.409. The summed E-state index contributed by atoms with van der Waals surface area (Å²) in [6, 6.07) is 1.55. The lowest BCUT2D eigenvalue weighted by molar-refractivity contribution is 0.0954. The molecule has 1 N–H and O–H groups in total. The predicted molar refractivity (Wildman–Crippen MR) is 66.6 cm³/mol. The molecule has 0 aliphatic carbocycles. The Balaban J connectivity index is 2.58. The first-order valence-corrected chi connectivity index (χ1v) is 6.42. The number of rotatable bonds is 4. The maximum absolute atomic E-state index is 11.6. The second-order valence-electron chi connectivity index (χ2n) is 2.95. The first kappa shape index (κ1) is 13.1. The Morgan fingerprint density at radius 1 is 1.60 bits per heavy atom. The summed E-state index contributed by atoms with van der Waals surface area (Å²) in [6.45, 7) is 2.39. The molecule has 0 aliphatic rings. The van der Waals surface area contributed by atoms with Crippen LogP contribution in [0.4, 0.5) is 0 Å². The Labute approximate surface area is 108 Å². The lowest BCUT2D eigenvalue weighted by Gasteiger charge is -2.07. The molecule has 1 atom stereocenters. The van der Waals surface area contributed by atoms with Gasteiger partial charge < -0.3 is 5.32 Å². The summed E-state index contributed by atoms with van der Waals surface area (Å²) in [7, 11) is 0. The highest BCUT2D eigenvalue weighted by atomic mass is 35.5. The lowest BCUT2D eigenvalue weighted by Crippen LogP contribution is -2.29. The van der Waals surface area contributed by atoms with E-state index in [9.17, 15) is 4.79 Å². The number of thiophene rings is 1. The molecule has 1 aromatic heterocycles. The molecule has 0 saturated heterocycles. The van der Waals surface area contributed by atoms with Crippen LogP contribution in [-0.4, -0.2) is 17.8 Å². The summed E-state index contributed by atoms with van der Waals surface area (Å²) >= 11 is 18.6. The van der Waals surface area contributed by atoms with Gasteiger partial charge in [0.05, 0.1) is 15.3 Å². The van der Waals surface area contributed by atoms with Crippen LogP contribution < -0.4 is 5.32 Å². The van der Waals surface area contributed by atoms with Gasteiger partial charge in [-0.15, -0.1) is 22.9 Å². The van der Waals surface area contributed by atoms with E-state index in [1.165, 1.54) is 11.3 Å². The van der Waals surface area contributed by atoms with Crippen LogP contribution in [0.2, 0.25) is 8.67 Å². The fourth-order valence-electron chi connectivity index (χ4n) is 0.938. The van der Waals surface area contributed by atoms with Crippen LogP contribution in [0, 0.1) is 0 Å². The van der Waals surface area contributed by atoms with Gasteiger partial charge in [-0.2, -0.15) is 0 Å². The van der Waals surface area contributed by atoms with Gasteiger partial charge in [0.25, 0.3) is 5.91 Å². The van der Waals surface area contributed by atoms with Gasteiger partial charge in [-0.05, 0) is 12.5 Å². The number of carbonyl (C=O) groups is 1. The van der Waals surface area contributed by atoms with E-state index < -0.39 is 0 Å². The van der Waals surface area contributed by atoms with Crippen molar-refractivity contribution in [1.82, 2.24) is 5.32 Å². The van der Waals surface area contributed by atoms with E-state index in [1.54, 1.807) is 6.07 Å². The van der Waals surface area contributed by atoms with E-state index in [1.807, 2.05) is 6.92 Å². The molecular formula is C9H10Cl3NOS. The average molecular weight is 287 g/mol. The summed E-state index contributed by atoms with van der Waals surface area (Å²) < 4.78 is 0.906. The molecule has 1 aromatic rings. The minimum absolute atomic E-state index is 0.0539. The fourth-order valence-corrected chi connectivity index (χ4v) is 2.47. The Hall–Kier alpha value is 0.0400. The number of alkyl halides is 1. The van der Waals surface area contributed by atoms with Crippen molar-refractivity contribution in [3.8, 4) is 0 Å². The molecule has 2 nitrogen and oxygen atoms in total. The molecule has 1 unspecified atom stereocenters. The highest BCUT2D eigenvalue weighted by molar-refractivity contribution is 7.20. The van der Waals surface area contributed by atoms with E-state index >= 15 is 0 Å². The molecule has 6 heteroatoms. The Morgan fingerprint density at radius 2 is 2.27 bits per heavy atom. The monoisotopic (exact) mass is 285 g/mol. The Bertz CT molecular complexity index is 353. The molecule has 1 heterocycles. The van der Waals surface area contributed by atoms with E-state index in [0.717, 1.165) is 6.42 Å². The van der Waals surface area contributed by atoms with Crippen molar-refractivity contribution in [3.05, 3.63) is 20.3 Å². The summed E-state index contributed by atoms with van der Waals surface area (Å²) in [5, 5.41) is 2.64. The van der Waals surface area contributed by atoms with Crippen molar-refractivity contribution >= 4 is 52.0 Å². The summed E-state index contributed by atoms with van der Waals surface area (Å²) in [4.78, 5) is 11.6. The maximum atomic E-state index is 11.6. The molecule has 15 heavy (non-hydrogen) atoms. The quantitative estimate of drug-likeness (QED) is 0.838. The van der Waals surface area contributed by atoms with Gasteiger partial charge in [-0.3, -0.25) is 4.79 Å². The smallest absolute Gasteiger partial charge is 0.253 e. The van der Waals surface area contributed by atoms with Gasteiger partial charge in [0.2, 0.25) is 0 Å². The number of amides is 1. The van der Waals surface area contributed by atoms with Crippen molar-refractivity contribution in [2.75, 3.05) is 6.54 Å². The molecular weight excluding hydrogens is 277 g/mol. The molecule has 0 fully saturated rings. The number of carbonyl (C=O) groups excluding carboxylic acids is 1. The molecule has 0 bridgehead atoms. The van der Waals surface area contributed by atoms with Crippen molar-refractivity contribution in [1.29, 1.82) is 0 Å².